The van der Waals surface area contributed by atoms with Crippen molar-refractivity contribution < 1.29 is 4.79 Å². The normalized spacial score (nSPS) is 23.6. The summed E-state index contributed by atoms with van der Waals surface area (Å²) >= 11 is 0. The molecule has 2 aliphatic rings. The standard InChI is InChI=1S/C15H29N3O/c1-3-18(14-7-5-4-6-8-14)13(2)15(19)17-11-9-16-10-12-17/h13-14,16H,3-12H2,1-2H3. The Morgan fingerprint density at radius 3 is 2.47 bits per heavy atom. The molecule has 1 atom stereocenters. The van der Waals surface area contributed by atoms with Crippen molar-refractivity contribution in [1.29, 1.82) is 0 Å². The average Bonchev–Trinajstić information content (AvgIpc) is 2.49. The van der Waals surface area contributed by atoms with E-state index in [1.165, 1.54) is 32.1 Å². The molecule has 0 aromatic carbocycles. The Morgan fingerprint density at radius 1 is 1.26 bits per heavy atom. The summed E-state index contributed by atoms with van der Waals surface area (Å²) in [5.41, 5.74) is 0. The number of hydrogen-bond acceptors (Lipinski definition) is 3. The number of piperazine rings is 1. The zero-order chi connectivity index (χ0) is 13.7. The van der Waals surface area contributed by atoms with Crippen molar-refractivity contribution in [1.82, 2.24) is 15.1 Å². The Bertz CT molecular complexity index is 283. The maximum Gasteiger partial charge on any atom is 0.239 e. The second kappa shape index (κ2) is 7.25. The van der Waals surface area contributed by atoms with Gasteiger partial charge in [0.25, 0.3) is 0 Å². The van der Waals surface area contributed by atoms with E-state index in [1.54, 1.807) is 0 Å². The van der Waals surface area contributed by atoms with Gasteiger partial charge in [-0.05, 0) is 26.3 Å². The van der Waals surface area contributed by atoms with Gasteiger partial charge < -0.3 is 10.2 Å². The van der Waals surface area contributed by atoms with Gasteiger partial charge in [-0.1, -0.05) is 26.2 Å². The number of carbonyl (C=O) groups excluding carboxylic acids is 1. The highest BCUT2D eigenvalue weighted by Gasteiger charge is 2.30. The molecule has 1 aliphatic carbocycles. The second-order valence-electron chi connectivity index (χ2n) is 5.87. The Hall–Kier alpha value is -0.610. The molecule has 1 saturated carbocycles. The van der Waals surface area contributed by atoms with Crippen LogP contribution in [0.25, 0.3) is 0 Å². The van der Waals surface area contributed by atoms with Gasteiger partial charge >= 0.3 is 0 Å². The summed E-state index contributed by atoms with van der Waals surface area (Å²) in [4.78, 5) is 17.1. The lowest BCUT2D eigenvalue weighted by molar-refractivity contribution is -0.138. The van der Waals surface area contributed by atoms with E-state index < -0.39 is 0 Å². The van der Waals surface area contributed by atoms with Crippen LogP contribution < -0.4 is 5.32 Å². The van der Waals surface area contributed by atoms with Crippen LogP contribution >= 0.6 is 0 Å². The zero-order valence-corrected chi connectivity index (χ0v) is 12.5. The highest BCUT2D eigenvalue weighted by molar-refractivity contribution is 5.81. The van der Waals surface area contributed by atoms with Gasteiger partial charge in [-0.15, -0.1) is 0 Å². The fourth-order valence-corrected chi connectivity index (χ4v) is 3.55. The van der Waals surface area contributed by atoms with E-state index in [4.69, 9.17) is 0 Å². The van der Waals surface area contributed by atoms with Crippen LogP contribution in [0.3, 0.4) is 0 Å². The lowest BCUT2D eigenvalue weighted by Gasteiger charge is -2.39. The van der Waals surface area contributed by atoms with Crippen molar-refractivity contribution in [2.24, 2.45) is 0 Å². The summed E-state index contributed by atoms with van der Waals surface area (Å²) in [6, 6.07) is 0.673. The van der Waals surface area contributed by atoms with Gasteiger partial charge in [-0.25, -0.2) is 0 Å². The molecular weight excluding hydrogens is 238 g/mol. The molecule has 0 aromatic heterocycles. The summed E-state index contributed by atoms with van der Waals surface area (Å²) in [5.74, 6) is 0.328. The van der Waals surface area contributed by atoms with Gasteiger partial charge in [0, 0.05) is 32.2 Å². The molecule has 110 valence electrons. The quantitative estimate of drug-likeness (QED) is 0.837. The molecule has 0 radical (unpaired) electrons. The molecule has 2 rings (SSSR count). The smallest absolute Gasteiger partial charge is 0.239 e. The minimum absolute atomic E-state index is 0.0474. The molecule has 1 N–H and O–H groups in total. The van der Waals surface area contributed by atoms with E-state index in [0.717, 1.165) is 32.7 Å². The number of carbonyl (C=O) groups is 1. The molecule has 4 nitrogen and oxygen atoms in total. The minimum Gasteiger partial charge on any atom is -0.339 e. The number of amides is 1. The van der Waals surface area contributed by atoms with E-state index in [2.05, 4.69) is 24.1 Å². The van der Waals surface area contributed by atoms with Crippen LogP contribution in [0.5, 0.6) is 0 Å². The van der Waals surface area contributed by atoms with Crippen LogP contribution in [0, 0.1) is 0 Å². The zero-order valence-electron chi connectivity index (χ0n) is 12.5. The van der Waals surface area contributed by atoms with Crippen LogP contribution in [0.1, 0.15) is 46.0 Å². The predicted molar refractivity (Wildman–Crippen MR) is 78.2 cm³/mol. The second-order valence-corrected chi connectivity index (χ2v) is 5.87. The third-order valence-corrected chi connectivity index (χ3v) is 4.69. The minimum atomic E-state index is 0.0474. The first-order chi connectivity index (χ1) is 9.24. The van der Waals surface area contributed by atoms with Crippen molar-refractivity contribution in [3.8, 4) is 0 Å². The molecule has 4 heteroatoms. The van der Waals surface area contributed by atoms with E-state index in [-0.39, 0.29) is 6.04 Å². The molecule has 2 fully saturated rings. The van der Waals surface area contributed by atoms with Crippen LogP contribution in [0.15, 0.2) is 0 Å². The number of hydrogen-bond donors (Lipinski definition) is 1. The monoisotopic (exact) mass is 267 g/mol. The van der Waals surface area contributed by atoms with Gasteiger partial charge in [0.1, 0.15) is 0 Å². The number of likely N-dealkylation sites (N-methyl/N-ethyl adjacent to an activating group) is 1. The molecule has 1 unspecified atom stereocenters. The molecule has 1 heterocycles. The van der Waals surface area contributed by atoms with Gasteiger partial charge in [-0.3, -0.25) is 9.69 Å². The van der Waals surface area contributed by atoms with Crippen molar-refractivity contribution >= 4 is 5.91 Å². The molecule has 1 aliphatic heterocycles. The van der Waals surface area contributed by atoms with Gasteiger partial charge in [0.05, 0.1) is 6.04 Å². The first-order valence-electron chi connectivity index (χ1n) is 7.99. The third-order valence-electron chi connectivity index (χ3n) is 4.69. The van der Waals surface area contributed by atoms with Crippen LogP contribution in [-0.2, 0) is 4.79 Å². The Balaban J connectivity index is 1.94. The Kier molecular flexibility index (Phi) is 5.64. The van der Waals surface area contributed by atoms with Crippen LogP contribution in [-0.4, -0.2) is 60.5 Å². The third kappa shape index (κ3) is 3.69. The molecule has 0 aromatic rings. The maximum absolute atomic E-state index is 12.6. The summed E-state index contributed by atoms with van der Waals surface area (Å²) in [5, 5.41) is 3.31. The number of rotatable bonds is 4. The number of nitrogens with one attached hydrogen (secondary N) is 1. The van der Waals surface area contributed by atoms with Crippen molar-refractivity contribution in [2.45, 2.75) is 58.0 Å². The first kappa shape index (κ1) is 14.8. The van der Waals surface area contributed by atoms with E-state index in [9.17, 15) is 4.79 Å². The Morgan fingerprint density at radius 2 is 1.89 bits per heavy atom. The average molecular weight is 267 g/mol. The lowest BCUT2D eigenvalue weighted by atomic mass is 9.93. The molecule has 0 spiro atoms. The largest absolute Gasteiger partial charge is 0.339 e. The lowest BCUT2D eigenvalue weighted by Crippen LogP contribution is -2.55. The highest BCUT2D eigenvalue weighted by atomic mass is 16.2. The molecule has 1 saturated heterocycles. The summed E-state index contributed by atoms with van der Waals surface area (Å²) < 4.78 is 0. The fourth-order valence-electron chi connectivity index (χ4n) is 3.55. The molecule has 19 heavy (non-hydrogen) atoms. The van der Waals surface area contributed by atoms with Crippen molar-refractivity contribution in [3.63, 3.8) is 0 Å². The SMILES string of the molecule is CCN(C1CCCCC1)C(C)C(=O)N1CCNCC1. The maximum atomic E-state index is 12.6. The predicted octanol–water partition coefficient (Wildman–Crippen LogP) is 1.46. The summed E-state index contributed by atoms with van der Waals surface area (Å²) in [6.07, 6.45) is 6.57. The van der Waals surface area contributed by atoms with E-state index in [1.807, 2.05) is 4.90 Å². The highest BCUT2D eigenvalue weighted by Crippen LogP contribution is 2.24. The first-order valence-corrected chi connectivity index (χ1v) is 7.99. The van der Waals surface area contributed by atoms with Crippen molar-refractivity contribution in [2.75, 3.05) is 32.7 Å². The van der Waals surface area contributed by atoms with Crippen molar-refractivity contribution in [3.05, 3.63) is 0 Å². The van der Waals surface area contributed by atoms with Crippen LogP contribution in [0.4, 0.5) is 0 Å². The number of nitrogens with zero attached hydrogens (tertiary/aromatic N) is 2. The topological polar surface area (TPSA) is 35.6 Å². The van der Waals surface area contributed by atoms with E-state index in [0.29, 0.717) is 11.9 Å². The van der Waals surface area contributed by atoms with Gasteiger partial charge in [0.15, 0.2) is 0 Å². The van der Waals surface area contributed by atoms with Gasteiger partial charge in [0.2, 0.25) is 5.91 Å². The molecule has 0 bridgehead atoms. The van der Waals surface area contributed by atoms with Gasteiger partial charge in [-0.2, -0.15) is 0 Å². The van der Waals surface area contributed by atoms with Crippen LogP contribution in [0.2, 0.25) is 0 Å². The fraction of sp³-hybridized carbons (Fsp3) is 0.933. The Labute approximate surface area is 117 Å². The summed E-state index contributed by atoms with van der Waals surface area (Å²) in [7, 11) is 0. The molecular formula is C15H29N3O. The summed E-state index contributed by atoms with van der Waals surface area (Å²) in [6.45, 7) is 8.89. The van der Waals surface area contributed by atoms with E-state index >= 15 is 0 Å². The molecule has 1 amide bonds.